The monoisotopic (exact) mass is 444 g/mol. The largest absolute Gasteiger partial charge is 0.507 e. The Labute approximate surface area is 180 Å². The molecule has 29 heavy (non-hydrogen) atoms. The van der Waals surface area contributed by atoms with Crippen LogP contribution in [0.15, 0.2) is 12.1 Å². The molecule has 0 bridgehead atoms. The van der Waals surface area contributed by atoms with Gasteiger partial charge in [0.2, 0.25) is 0 Å². The van der Waals surface area contributed by atoms with Crippen LogP contribution in [0.25, 0.3) is 0 Å². The van der Waals surface area contributed by atoms with Gasteiger partial charge in [-0.3, -0.25) is 13.2 Å². The van der Waals surface area contributed by atoms with Gasteiger partial charge >= 0.3 is 5.97 Å². The summed E-state index contributed by atoms with van der Waals surface area (Å²) in [6.07, 6.45) is 3.12. The number of carbonyl (C=O) groups is 1. The molecule has 2 atom stereocenters. The van der Waals surface area contributed by atoms with Crippen molar-refractivity contribution in [1.29, 1.82) is 0 Å². The molecule has 0 saturated carbocycles. The molecule has 0 saturated heterocycles. The zero-order valence-corrected chi connectivity index (χ0v) is 20.6. The summed E-state index contributed by atoms with van der Waals surface area (Å²) in [4.78, 5) is 12.4. The highest BCUT2D eigenvalue weighted by molar-refractivity contribution is 7.85. The Morgan fingerprint density at radius 2 is 1.38 bits per heavy atom. The van der Waals surface area contributed by atoms with Gasteiger partial charge in [-0.1, -0.05) is 53.7 Å². The second-order valence-corrected chi connectivity index (χ2v) is 12.6. The fourth-order valence-corrected chi connectivity index (χ4v) is 4.68. The Kier molecular flexibility index (Phi) is 9.09. The molecule has 7 heteroatoms. The van der Waals surface area contributed by atoms with E-state index in [2.05, 4.69) is 0 Å². The van der Waals surface area contributed by atoms with Crippen molar-refractivity contribution < 1.29 is 23.1 Å². The predicted molar refractivity (Wildman–Crippen MR) is 122 cm³/mol. The van der Waals surface area contributed by atoms with Crippen LogP contribution in [-0.2, 0) is 48.4 Å². The SMILES string of the molecule is CS(=O)CC(CS(C)=O)OC(=O)CCc1cc(C(C)(C)C)c(O)c(C(C)(C)C)c1. The van der Waals surface area contributed by atoms with E-state index in [-0.39, 0.29) is 28.8 Å². The first-order valence-electron chi connectivity index (χ1n) is 9.77. The molecule has 0 aliphatic carbocycles. The van der Waals surface area contributed by atoms with Crippen molar-refractivity contribution in [2.75, 3.05) is 24.0 Å². The minimum Gasteiger partial charge on any atom is -0.507 e. The van der Waals surface area contributed by atoms with Crippen molar-refractivity contribution in [3.63, 3.8) is 0 Å². The van der Waals surface area contributed by atoms with Crippen LogP contribution in [0, 0.1) is 0 Å². The molecule has 166 valence electrons. The lowest BCUT2D eigenvalue weighted by Crippen LogP contribution is -2.29. The smallest absolute Gasteiger partial charge is 0.306 e. The molecular weight excluding hydrogens is 408 g/mol. The van der Waals surface area contributed by atoms with Crippen LogP contribution in [0.5, 0.6) is 5.75 Å². The molecule has 1 aromatic rings. The third-order valence-corrected chi connectivity index (χ3v) is 6.23. The maximum atomic E-state index is 12.4. The number of rotatable bonds is 8. The Hall–Kier alpha value is -1.21. The second-order valence-electron chi connectivity index (χ2n) is 9.63. The van der Waals surface area contributed by atoms with Gasteiger partial charge < -0.3 is 9.84 Å². The summed E-state index contributed by atoms with van der Waals surface area (Å²) in [5.74, 6) is 0.292. The molecule has 5 nitrogen and oxygen atoms in total. The number of hydrogen-bond donors (Lipinski definition) is 1. The van der Waals surface area contributed by atoms with E-state index in [1.165, 1.54) is 12.5 Å². The lowest BCUT2D eigenvalue weighted by molar-refractivity contribution is -0.146. The van der Waals surface area contributed by atoms with Gasteiger partial charge in [0.25, 0.3) is 0 Å². The Morgan fingerprint density at radius 1 is 0.966 bits per heavy atom. The average molecular weight is 445 g/mol. The van der Waals surface area contributed by atoms with Crippen molar-refractivity contribution >= 4 is 27.6 Å². The first-order chi connectivity index (χ1) is 13.1. The maximum Gasteiger partial charge on any atom is 0.306 e. The molecule has 1 N–H and O–H groups in total. The highest BCUT2D eigenvalue weighted by atomic mass is 32.2. The number of benzene rings is 1. The summed E-state index contributed by atoms with van der Waals surface area (Å²) in [6.45, 7) is 12.3. The number of aryl methyl sites for hydroxylation is 1. The predicted octanol–water partition coefficient (Wildman–Crippen LogP) is 3.59. The van der Waals surface area contributed by atoms with Crippen LogP contribution in [0.1, 0.15) is 64.7 Å². The van der Waals surface area contributed by atoms with Crippen LogP contribution in [0.3, 0.4) is 0 Å². The van der Waals surface area contributed by atoms with Gasteiger partial charge in [0, 0.05) is 40.5 Å². The first-order valence-corrected chi connectivity index (χ1v) is 13.2. The molecule has 1 aromatic carbocycles. The normalized spacial score (nSPS) is 15.6. The molecule has 0 aromatic heterocycles. The van der Waals surface area contributed by atoms with Crippen LogP contribution in [-0.4, -0.2) is 49.6 Å². The molecule has 0 amide bonds. The molecule has 2 unspecified atom stereocenters. The molecule has 0 spiro atoms. The standard InChI is InChI=1S/C22H36O5S2/c1-21(2,3)17-11-15(12-18(20(17)24)22(4,5)6)9-10-19(23)27-16(13-28(7)25)14-29(8)26/h11-12,16,24H,9-10,13-14H2,1-8H3. The van der Waals surface area contributed by atoms with Gasteiger partial charge in [0.1, 0.15) is 11.9 Å². The second kappa shape index (κ2) is 10.2. The van der Waals surface area contributed by atoms with Gasteiger partial charge in [-0.05, 0) is 33.9 Å². The summed E-state index contributed by atoms with van der Waals surface area (Å²) in [6, 6.07) is 3.91. The quantitative estimate of drug-likeness (QED) is 0.620. The van der Waals surface area contributed by atoms with E-state index in [1.807, 2.05) is 53.7 Å². The fourth-order valence-electron chi connectivity index (χ4n) is 3.11. The number of phenols is 1. The summed E-state index contributed by atoms with van der Waals surface area (Å²) in [7, 11) is -2.27. The van der Waals surface area contributed by atoms with Crippen molar-refractivity contribution in [1.82, 2.24) is 0 Å². The topological polar surface area (TPSA) is 80.7 Å². The highest BCUT2D eigenvalue weighted by Gasteiger charge is 2.27. The summed E-state index contributed by atoms with van der Waals surface area (Å²) < 4.78 is 28.4. The first kappa shape index (κ1) is 25.8. The van der Waals surface area contributed by atoms with E-state index in [0.29, 0.717) is 12.2 Å². The van der Waals surface area contributed by atoms with E-state index in [0.717, 1.165) is 16.7 Å². The van der Waals surface area contributed by atoms with Gasteiger partial charge in [-0.15, -0.1) is 0 Å². The number of ether oxygens (including phenoxy) is 1. The van der Waals surface area contributed by atoms with Crippen molar-refractivity contribution in [2.45, 2.75) is 71.3 Å². The van der Waals surface area contributed by atoms with E-state index in [1.54, 1.807) is 0 Å². The fraction of sp³-hybridized carbons (Fsp3) is 0.682. The van der Waals surface area contributed by atoms with Crippen LogP contribution in [0.4, 0.5) is 0 Å². The Balaban J connectivity index is 3.01. The van der Waals surface area contributed by atoms with E-state index < -0.39 is 33.7 Å². The average Bonchev–Trinajstić information content (AvgIpc) is 2.50. The molecule has 1 rings (SSSR count). The molecule has 0 radical (unpaired) electrons. The highest BCUT2D eigenvalue weighted by Crippen LogP contribution is 2.40. The molecule has 0 aliphatic heterocycles. The van der Waals surface area contributed by atoms with Crippen LogP contribution in [0.2, 0.25) is 0 Å². The zero-order valence-electron chi connectivity index (χ0n) is 19.0. The minimum atomic E-state index is -1.14. The third kappa shape index (κ3) is 8.59. The maximum absolute atomic E-state index is 12.4. The number of carbonyl (C=O) groups excluding carboxylic acids is 1. The van der Waals surface area contributed by atoms with Crippen molar-refractivity contribution in [3.05, 3.63) is 28.8 Å². The van der Waals surface area contributed by atoms with E-state index >= 15 is 0 Å². The minimum absolute atomic E-state index is 0.168. The molecule has 0 fully saturated rings. The zero-order chi connectivity index (χ0) is 22.6. The third-order valence-electron chi connectivity index (χ3n) is 4.54. The lowest BCUT2D eigenvalue weighted by Gasteiger charge is -2.28. The number of phenolic OH excluding ortho intramolecular Hbond substituents is 1. The summed E-state index contributed by atoms with van der Waals surface area (Å²) in [5.41, 5.74) is 2.21. The Morgan fingerprint density at radius 3 is 1.72 bits per heavy atom. The van der Waals surface area contributed by atoms with Crippen LogP contribution < -0.4 is 0 Å². The van der Waals surface area contributed by atoms with Crippen molar-refractivity contribution in [2.24, 2.45) is 0 Å². The van der Waals surface area contributed by atoms with E-state index in [9.17, 15) is 18.3 Å². The molecule has 0 aliphatic rings. The van der Waals surface area contributed by atoms with Gasteiger partial charge in [-0.2, -0.15) is 0 Å². The van der Waals surface area contributed by atoms with E-state index in [4.69, 9.17) is 4.74 Å². The Bertz CT molecular complexity index is 721. The summed E-state index contributed by atoms with van der Waals surface area (Å²) in [5, 5.41) is 10.8. The van der Waals surface area contributed by atoms with Gasteiger partial charge in [0.05, 0.1) is 11.5 Å². The van der Waals surface area contributed by atoms with Crippen LogP contribution >= 0.6 is 0 Å². The molecular formula is C22H36O5S2. The van der Waals surface area contributed by atoms with Gasteiger partial charge in [0.15, 0.2) is 0 Å². The van der Waals surface area contributed by atoms with Gasteiger partial charge in [-0.25, -0.2) is 0 Å². The summed E-state index contributed by atoms with van der Waals surface area (Å²) >= 11 is 0. The van der Waals surface area contributed by atoms with Crippen molar-refractivity contribution in [3.8, 4) is 5.75 Å². The lowest BCUT2D eigenvalue weighted by atomic mass is 9.78. The number of aromatic hydroxyl groups is 1. The number of hydrogen-bond acceptors (Lipinski definition) is 5. The number of esters is 1. The molecule has 0 heterocycles.